The van der Waals surface area contributed by atoms with E-state index in [-0.39, 0.29) is 12.5 Å². The first-order valence-electron chi connectivity index (χ1n) is 7.93. The van der Waals surface area contributed by atoms with Gasteiger partial charge in [-0.3, -0.25) is 4.79 Å². The van der Waals surface area contributed by atoms with Gasteiger partial charge < -0.3 is 19.1 Å². The first-order chi connectivity index (χ1) is 11.4. The van der Waals surface area contributed by atoms with Crippen LogP contribution in [-0.4, -0.2) is 48.7 Å². The Morgan fingerprint density at radius 3 is 2.46 bits per heavy atom. The summed E-state index contributed by atoms with van der Waals surface area (Å²) in [4.78, 5) is 25.9. The molecule has 6 nitrogen and oxygen atoms in total. The van der Waals surface area contributed by atoms with E-state index >= 15 is 0 Å². The summed E-state index contributed by atoms with van der Waals surface area (Å²) in [6, 6.07) is 7.11. The van der Waals surface area contributed by atoms with Gasteiger partial charge in [-0.05, 0) is 32.9 Å². The third kappa shape index (κ3) is 4.28. The maximum Gasteiger partial charge on any atom is 0.351 e. The Morgan fingerprint density at radius 1 is 1.25 bits per heavy atom. The quantitative estimate of drug-likeness (QED) is 0.590. The van der Waals surface area contributed by atoms with Crippen LogP contribution < -0.4 is 9.47 Å². The lowest BCUT2D eigenvalue weighted by Gasteiger charge is -2.30. The Morgan fingerprint density at radius 2 is 1.88 bits per heavy atom. The minimum absolute atomic E-state index is 0.265. The van der Waals surface area contributed by atoms with Crippen molar-refractivity contribution in [3.05, 3.63) is 36.4 Å². The summed E-state index contributed by atoms with van der Waals surface area (Å²) in [6.07, 6.45) is -1.40. The molecule has 2 rings (SSSR count). The number of carbonyl (C=O) groups excluding carboxylic acids is 2. The van der Waals surface area contributed by atoms with E-state index in [1.165, 1.54) is 0 Å². The van der Waals surface area contributed by atoms with Crippen LogP contribution in [0.5, 0.6) is 11.5 Å². The van der Waals surface area contributed by atoms with Crippen LogP contribution in [0.15, 0.2) is 36.4 Å². The third-order valence-corrected chi connectivity index (χ3v) is 3.61. The van der Waals surface area contributed by atoms with Crippen molar-refractivity contribution < 1.29 is 23.8 Å². The van der Waals surface area contributed by atoms with Crippen molar-refractivity contribution in [2.75, 3.05) is 19.7 Å². The molecule has 0 saturated carbocycles. The molecule has 1 aromatic carbocycles. The van der Waals surface area contributed by atoms with E-state index in [4.69, 9.17) is 14.2 Å². The van der Waals surface area contributed by atoms with E-state index in [2.05, 4.69) is 6.58 Å². The lowest BCUT2D eigenvalue weighted by molar-refractivity contribution is -0.162. The molecule has 0 spiro atoms. The molecule has 0 N–H and O–H groups in total. The fraction of sp³-hybridized carbons (Fsp3) is 0.444. The summed E-state index contributed by atoms with van der Waals surface area (Å²) in [5.41, 5.74) is 0.866. The fourth-order valence-electron chi connectivity index (χ4n) is 2.39. The molecule has 0 saturated heterocycles. The van der Waals surface area contributed by atoms with Gasteiger partial charge in [-0.1, -0.05) is 24.3 Å². The van der Waals surface area contributed by atoms with Crippen LogP contribution in [0, 0.1) is 0 Å². The number of benzene rings is 1. The summed E-state index contributed by atoms with van der Waals surface area (Å²) < 4.78 is 16.4. The molecule has 2 unspecified atom stereocenters. The van der Waals surface area contributed by atoms with E-state index in [1.54, 1.807) is 30.0 Å². The van der Waals surface area contributed by atoms with Crippen molar-refractivity contribution in [1.29, 1.82) is 0 Å². The van der Waals surface area contributed by atoms with E-state index in [1.807, 2.05) is 19.9 Å². The lowest BCUT2D eigenvalue weighted by Crippen LogP contribution is -2.45. The molecule has 24 heavy (non-hydrogen) atoms. The zero-order valence-electron chi connectivity index (χ0n) is 14.3. The molecule has 130 valence electrons. The maximum absolute atomic E-state index is 12.2. The SMILES string of the molecule is C=C(C)CN(CC)C(=O)COC(=O)C1Oc2ccccc2OC1C. The highest BCUT2D eigenvalue weighted by molar-refractivity contribution is 5.83. The molecule has 0 bridgehead atoms. The summed E-state index contributed by atoms with van der Waals surface area (Å²) in [6.45, 7) is 9.86. The van der Waals surface area contributed by atoms with Gasteiger partial charge in [0.15, 0.2) is 18.1 Å². The minimum atomic E-state index is -0.899. The van der Waals surface area contributed by atoms with Crippen molar-refractivity contribution in [1.82, 2.24) is 4.90 Å². The Bertz CT molecular complexity index is 628. The number of carbonyl (C=O) groups is 2. The smallest absolute Gasteiger partial charge is 0.351 e. The van der Waals surface area contributed by atoms with Gasteiger partial charge in [0.05, 0.1) is 0 Å². The number of hydrogen-bond acceptors (Lipinski definition) is 5. The average Bonchev–Trinajstić information content (AvgIpc) is 2.56. The Hall–Kier alpha value is -2.50. The number of nitrogens with zero attached hydrogens (tertiary/aromatic N) is 1. The van der Waals surface area contributed by atoms with Crippen LogP contribution in [0.25, 0.3) is 0 Å². The molecule has 6 heteroatoms. The third-order valence-electron chi connectivity index (χ3n) is 3.61. The zero-order valence-corrected chi connectivity index (χ0v) is 14.3. The Kier molecular flexibility index (Phi) is 5.84. The topological polar surface area (TPSA) is 65.1 Å². The Labute approximate surface area is 142 Å². The summed E-state index contributed by atoms with van der Waals surface area (Å²) >= 11 is 0. The van der Waals surface area contributed by atoms with Crippen molar-refractivity contribution in [2.45, 2.75) is 33.0 Å². The van der Waals surface area contributed by atoms with E-state index < -0.39 is 18.2 Å². The second-order valence-electron chi connectivity index (χ2n) is 5.78. The molecule has 0 aromatic heterocycles. The monoisotopic (exact) mass is 333 g/mol. The van der Waals surface area contributed by atoms with Gasteiger partial charge in [0, 0.05) is 13.1 Å². The number of likely N-dealkylation sites (N-methyl/N-ethyl adjacent to an activating group) is 1. The molecule has 1 aliphatic rings. The van der Waals surface area contributed by atoms with Crippen LogP contribution in [0.3, 0.4) is 0 Å². The van der Waals surface area contributed by atoms with Crippen LogP contribution in [-0.2, 0) is 14.3 Å². The molecule has 2 atom stereocenters. The molecule has 1 aliphatic heterocycles. The highest BCUT2D eigenvalue weighted by atomic mass is 16.6. The van der Waals surface area contributed by atoms with Gasteiger partial charge in [0.2, 0.25) is 6.10 Å². The van der Waals surface area contributed by atoms with E-state index in [0.717, 1.165) is 5.57 Å². The number of ether oxygens (including phenoxy) is 3. The number of amides is 1. The predicted octanol–water partition coefficient (Wildman–Crippen LogP) is 2.18. The first-order valence-corrected chi connectivity index (χ1v) is 7.93. The van der Waals surface area contributed by atoms with Gasteiger partial charge >= 0.3 is 5.97 Å². The highest BCUT2D eigenvalue weighted by Gasteiger charge is 2.35. The van der Waals surface area contributed by atoms with Crippen LogP contribution >= 0.6 is 0 Å². The van der Waals surface area contributed by atoms with Crippen molar-refractivity contribution in [2.24, 2.45) is 0 Å². The zero-order chi connectivity index (χ0) is 17.7. The molecule has 0 radical (unpaired) electrons. The predicted molar refractivity (Wildman–Crippen MR) is 89.0 cm³/mol. The van der Waals surface area contributed by atoms with Crippen molar-refractivity contribution >= 4 is 11.9 Å². The average molecular weight is 333 g/mol. The standard InChI is InChI=1S/C18H23NO5/c1-5-19(10-12(2)3)16(20)11-22-18(21)17-13(4)23-14-8-6-7-9-15(14)24-17/h6-9,13,17H,2,5,10-11H2,1,3-4H3. The van der Waals surface area contributed by atoms with Gasteiger partial charge in [0.1, 0.15) is 6.10 Å². The summed E-state index contributed by atoms with van der Waals surface area (Å²) in [7, 11) is 0. The number of para-hydroxylation sites is 2. The highest BCUT2D eigenvalue weighted by Crippen LogP contribution is 2.33. The second kappa shape index (κ2) is 7.86. The summed E-state index contributed by atoms with van der Waals surface area (Å²) in [5, 5.41) is 0. The number of hydrogen-bond donors (Lipinski definition) is 0. The van der Waals surface area contributed by atoms with Crippen molar-refractivity contribution in [3.63, 3.8) is 0 Å². The molecular weight excluding hydrogens is 310 g/mol. The largest absolute Gasteiger partial charge is 0.482 e. The fourth-order valence-corrected chi connectivity index (χ4v) is 2.39. The first kappa shape index (κ1) is 17.8. The van der Waals surface area contributed by atoms with E-state index in [0.29, 0.717) is 24.6 Å². The molecular formula is C18H23NO5. The lowest BCUT2D eigenvalue weighted by atomic mass is 10.2. The van der Waals surface area contributed by atoms with Gasteiger partial charge in [0.25, 0.3) is 5.91 Å². The number of esters is 1. The normalized spacial score (nSPS) is 18.6. The van der Waals surface area contributed by atoms with Crippen LogP contribution in [0.4, 0.5) is 0 Å². The minimum Gasteiger partial charge on any atom is -0.482 e. The molecule has 1 heterocycles. The van der Waals surface area contributed by atoms with Gasteiger partial charge in [-0.15, -0.1) is 0 Å². The van der Waals surface area contributed by atoms with Crippen molar-refractivity contribution in [3.8, 4) is 11.5 Å². The molecule has 0 fully saturated rings. The number of fused-ring (bicyclic) bond motifs is 1. The maximum atomic E-state index is 12.2. The molecule has 1 aromatic rings. The summed E-state index contributed by atoms with van der Waals surface area (Å²) in [5.74, 6) is 0.195. The Balaban J connectivity index is 1.93. The second-order valence-corrected chi connectivity index (χ2v) is 5.78. The van der Waals surface area contributed by atoms with Crippen LogP contribution in [0.2, 0.25) is 0 Å². The van der Waals surface area contributed by atoms with Gasteiger partial charge in [-0.25, -0.2) is 4.79 Å². The number of rotatable bonds is 6. The van der Waals surface area contributed by atoms with Crippen LogP contribution in [0.1, 0.15) is 20.8 Å². The molecule has 1 amide bonds. The molecule has 0 aliphatic carbocycles. The van der Waals surface area contributed by atoms with Gasteiger partial charge in [-0.2, -0.15) is 0 Å². The van der Waals surface area contributed by atoms with E-state index in [9.17, 15) is 9.59 Å².